The minimum Gasteiger partial charge on any atom is -0.355 e. The largest absolute Gasteiger partial charge is 0.355 e. The number of imidazole rings is 1. The lowest BCUT2D eigenvalue weighted by Crippen LogP contribution is -2.40. The molecule has 9 heteroatoms. The van der Waals surface area contributed by atoms with E-state index in [4.69, 9.17) is 11.6 Å². The van der Waals surface area contributed by atoms with E-state index in [0.717, 1.165) is 29.1 Å². The zero-order chi connectivity index (χ0) is 18.3. The van der Waals surface area contributed by atoms with Crippen LogP contribution in [0.1, 0.15) is 12.0 Å². The second-order valence-electron chi connectivity index (χ2n) is 5.66. The van der Waals surface area contributed by atoms with Gasteiger partial charge in [0.25, 0.3) is 0 Å². The van der Waals surface area contributed by atoms with Crippen LogP contribution in [-0.2, 0) is 27.9 Å². The molecule has 0 aliphatic carbocycles. The number of carbonyl (C=O) groups is 1. The number of rotatable bonds is 9. The van der Waals surface area contributed by atoms with E-state index in [0.29, 0.717) is 11.6 Å². The Kier molecular flexibility index (Phi) is 6.98. The average Bonchev–Trinajstić information content (AvgIpc) is 3.05. The molecule has 2 rings (SSSR count). The number of nitrogens with zero attached hydrogens (tertiary/aromatic N) is 3. The number of halogens is 1. The van der Waals surface area contributed by atoms with E-state index >= 15 is 0 Å². The lowest BCUT2D eigenvalue weighted by Gasteiger charge is -2.19. The summed E-state index contributed by atoms with van der Waals surface area (Å²) in [6, 6.07) is 6.86. The third kappa shape index (κ3) is 6.85. The van der Waals surface area contributed by atoms with Gasteiger partial charge >= 0.3 is 0 Å². The number of sulfonamides is 1. The molecule has 0 unspecified atom stereocenters. The zero-order valence-electron chi connectivity index (χ0n) is 13.9. The Hall–Kier alpha value is -1.90. The number of nitrogens with one attached hydrogen (secondary N) is 1. The molecule has 7 nitrogen and oxygen atoms in total. The van der Waals surface area contributed by atoms with Crippen molar-refractivity contribution in [1.29, 1.82) is 0 Å². The summed E-state index contributed by atoms with van der Waals surface area (Å²) in [4.78, 5) is 16.0. The average molecular weight is 385 g/mol. The molecular formula is C16H21ClN4O3S. The zero-order valence-corrected chi connectivity index (χ0v) is 15.5. The van der Waals surface area contributed by atoms with Crippen molar-refractivity contribution in [1.82, 2.24) is 19.2 Å². The second-order valence-corrected chi connectivity index (χ2v) is 8.08. The minimum absolute atomic E-state index is 0.123. The number of aromatic nitrogens is 2. The van der Waals surface area contributed by atoms with E-state index in [1.165, 1.54) is 0 Å². The predicted molar refractivity (Wildman–Crippen MR) is 96.6 cm³/mol. The molecule has 25 heavy (non-hydrogen) atoms. The van der Waals surface area contributed by atoms with Crippen molar-refractivity contribution in [3.63, 3.8) is 0 Å². The van der Waals surface area contributed by atoms with Crippen LogP contribution >= 0.6 is 11.6 Å². The van der Waals surface area contributed by atoms with Gasteiger partial charge in [-0.15, -0.1) is 0 Å². The van der Waals surface area contributed by atoms with Gasteiger partial charge in [0.1, 0.15) is 0 Å². The fourth-order valence-electron chi connectivity index (χ4n) is 2.21. The SMILES string of the molecule is CS(=O)(=O)N(CC(=O)NCCCn1ccnc1)Cc1ccc(Cl)cc1. The number of hydrogen-bond donors (Lipinski definition) is 1. The molecule has 0 radical (unpaired) electrons. The molecule has 0 atom stereocenters. The standard InChI is InChI=1S/C16H21ClN4O3S/c1-25(23,24)21(11-14-3-5-15(17)6-4-14)12-16(22)19-7-2-9-20-10-8-18-13-20/h3-6,8,10,13H,2,7,9,11-12H2,1H3,(H,19,22). The van der Waals surface area contributed by atoms with Crippen molar-refractivity contribution >= 4 is 27.5 Å². The van der Waals surface area contributed by atoms with Crippen LogP contribution in [0.15, 0.2) is 43.0 Å². The normalized spacial score (nSPS) is 11.6. The monoisotopic (exact) mass is 384 g/mol. The first-order valence-corrected chi connectivity index (χ1v) is 9.99. The summed E-state index contributed by atoms with van der Waals surface area (Å²) in [5.41, 5.74) is 0.766. The molecule has 1 aromatic carbocycles. The van der Waals surface area contributed by atoms with Gasteiger partial charge in [0.15, 0.2) is 0 Å². The highest BCUT2D eigenvalue weighted by molar-refractivity contribution is 7.88. The fourth-order valence-corrected chi connectivity index (χ4v) is 3.07. The Morgan fingerprint density at radius 2 is 2.04 bits per heavy atom. The molecule has 1 heterocycles. The third-order valence-corrected chi connectivity index (χ3v) is 4.98. The first-order valence-electron chi connectivity index (χ1n) is 7.76. The topological polar surface area (TPSA) is 84.3 Å². The molecule has 0 saturated carbocycles. The van der Waals surface area contributed by atoms with Gasteiger partial charge in [0, 0.05) is 37.1 Å². The molecule has 2 aromatic rings. The molecule has 0 aliphatic heterocycles. The van der Waals surface area contributed by atoms with Gasteiger partial charge < -0.3 is 9.88 Å². The molecule has 0 fully saturated rings. The van der Waals surface area contributed by atoms with E-state index < -0.39 is 10.0 Å². The molecule has 1 amide bonds. The maximum absolute atomic E-state index is 12.0. The van der Waals surface area contributed by atoms with Gasteiger partial charge in [-0.2, -0.15) is 4.31 Å². The van der Waals surface area contributed by atoms with Crippen molar-refractivity contribution in [3.8, 4) is 0 Å². The number of carbonyl (C=O) groups excluding carboxylic acids is 1. The fraction of sp³-hybridized carbons (Fsp3) is 0.375. The van der Waals surface area contributed by atoms with E-state index in [2.05, 4.69) is 10.3 Å². The Morgan fingerprint density at radius 1 is 1.32 bits per heavy atom. The lowest BCUT2D eigenvalue weighted by molar-refractivity contribution is -0.121. The minimum atomic E-state index is -3.51. The summed E-state index contributed by atoms with van der Waals surface area (Å²) in [6.45, 7) is 1.11. The molecule has 1 N–H and O–H groups in total. The Balaban J connectivity index is 1.83. The summed E-state index contributed by atoms with van der Waals surface area (Å²) in [5, 5.41) is 3.32. The maximum atomic E-state index is 12.0. The molecule has 0 spiro atoms. The first kappa shape index (κ1) is 19.4. The highest BCUT2D eigenvalue weighted by Crippen LogP contribution is 2.13. The van der Waals surface area contributed by atoms with Gasteiger partial charge in [0.05, 0.1) is 19.1 Å². The van der Waals surface area contributed by atoms with Crippen LogP contribution in [0, 0.1) is 0 Å². The smallest absolute Gasteiger partial charge is 0.235 e. The number of amides is 1. The summed E-state index contributed by atoms with van der Waals surface area (Å²) in [6.07, 6.45) is 7.07. The predicted octanol–water partition coefficient (Wildman–Crippen LogP) is 1.50. The van der Waals surface area contributed by atoms with Gasteiger partial charge in [-0.05, 0) is 24.1 Å². The highest BCUT2D eigenvalue weighted by atomic mass is 35.5. The Labute approximate surface area is 152 Å². The summed E-state index contributed by atoms with van der Waals surface area (Å²) >= 11 is 5.83. The van der Waals surface area contributed by atoms with Gasteiger partial charge in [-0.3, -0.25) is 4.79 Å². The van der Waals surface area contributed by atoms with E-state index in [9.17, 15) is 13.2 Å². The van der Waals surface area contributed by atoms with E-state index in [1.54, 1.807) is 36.8 Å². The summed E-state index contributed by atoms with van der Waals surface area (Å²) < 4.78 is 26.9. The first-order chi connectivity index (χ1) is 11.8. The highest BCUT2D eigenvalue weighted by Gasteiger charge is 2.20. The van der Waals surface area contributed by atoms with Crippen molar-refractivity contribution in [2.75, 3.05) is 19.3 Å². The van der Waals surface area contributed by atoms with Crippen molar-refractivity contribution in [2.24, 2.45) is 0 Å². The number of aryl methyl sites for hydroxylation is 1. The molecule has 136 valence electrons. The maximum Gasteiger partial charge on any atom is 0.235 e. The van der Waals surface area contributed by atoms with Crippen LogP contribution < -0.4 is 5.32 Å². The van der Waals surface area contributed by atoms with Crippen molar-refractivity contribution in [3.05, 3.63) is 53.6 Å². The van der Waals surface area contributed by atoms with Crippen molar-refractivity contribution in [2.45, 2.75) is 19.5 Å². The van der Waals surface area contributed by atoms with E-state index in [-0.39, 0.29) is 19.0 Å². The van der Waals surface area contributed by atoms with Crippen LogP contribution in [-0.4, -0.2) is 47.5 Å². The summed E-state index contributed by atoms with van der Waals surface area (Å²) in [5.74, 6) is -0.329. The number of hydrogen-bond acceptors (Lipinski definition) is 4. The van der Waals surface area contributed by atoms with Crippen LogP contribution in [0.2, 0.25) is 5.02 Å². The second kappa shape index (κ2) is 8.98. The van der Waals surface area contributed by atoms with Gasteiger partial charge in [-0.25, -0.2) is 13.4 Å². The van der Waals surface area contributed by atoms with Crippen LogP contribution in [0.25, 0.3) is 0 Å². The lowest BCUT2D eigenvalue weighted by atomic mass is 10.2. The third-order valence-electron chi connectivity index (χ3n) is 3.54. The van der Waals surface area contributed by atoms with Crippen molar-refractivity contribution < 1.29 is 13.2 Å². The van der Waals surface area contributed by atoms with Gasteiger partial charge in [-0.1, -0.05) is 23.7 Å². The van der Waals surface area contributed by atoms with Crippen LogP contribution in [0.5, 0.6) is 0 Å². The molecule has 1 aromatic heterocycles. The summed E-state index contributed by atoms with van der Waals surface area (Å²) in [7, 11) is -3.51. The molecule has 0 bridgehead atoms. The van der Waals surface area contributed by atoms with Crippen LogP contribution in [0.4, 0.5) is 0 Å². The van der Waals surface area contributed by atoms with E-state index in [1.807, 2.05) is 10.8 Å². The Bertz CT molecular complexity index is 776. The molecular weight excluding hydrogens is 364 g/mol. The van der Waals surface area contributed by atoms with Crippen LogP contribution in [0.3, 0.4) is 0 Å². The molecule has 0 saturated heterocycles. The van der Waals surface area contributed by atoms with Gasteiger partial charge in [0.2, 0.25) is 15.9 Å². The number of benzene rings is 1. The molecule has 0 aliphatic rings. The Morgan fingerprint density at radius 3 is 2.64 bits per heavy atom. The quantitative estimate of drug-likeness (QED) is 0.664.